The number of H-pyrrole nitrogens is 1. The SMILES string of the molecule is COc1ccc(CCNC(=S)N(Cc2ccc3c(c2)OCO3)Cc2cc3cc4c(cc3[nH]c2=O)OCO4)cc1OC. The van der Waals surface area contributed by atoms with Crippen LogP contribution < -0.4 is 39.3 Å². The van der Waals surface area contributed by atoms with Gasteiger partial charge in [-0.1, -0.05) is 12.1 Å². The Labute approximate surface area is 241 Å². The van der Waals surface area contributed by atoms with Gasteiger partial charge < -0.3 is 43.6 Å². The van der Waals surface area contributed by atoms with Crippen LogP contribution in [0.25, 0.3) is 10.9 Å². The molecule has 0 bridgehead atoms. The fraction of sp³-hybridized carbons (Fsp3) is 0.267. The molecule has 4 aromatic rings. The molecular weight excluding hydrogens is 546 g/mol. The minimum Gasteiger partial charge on any atom is -0.493 e. The molecule has 2 N–H and O–H groups in total. The van der Waals surface area contributed by atoms with E-state index in [0.717, 1.165) is 16.5 Å². The zero-order valence-electron chi connectivity index (χ0n) is 22.7. The Morgan fingerprint density at radius 2 is 1.56 bits per heavy atom. The third-order valence-electron chi connectivity index (χ3n) is 7.01. The van der Waals surface area contributed by atoms with E-state index in [1.54, 1.807) is 20.3 Å². The summed E-state index contributed by atoms with van der Waals surface area (Å²) in [5.74, 6) is 4.02. The van der Waals surface area contributed by atoms with Gasteiger partial charge in [-0.05, 0) is 66.2 Å². The molecule has 1 aromatic heterocycles. The number of aromatic amines is 1. The van der Waals surface area contributed by atoms with Crippen molar-refractivity contribution in [2.75, 3.05) is 34.4 Å². The summed E-state index contributed by atoms with van der Waals surface area (Å²) < 4.78 is 32.8. The first kappa shape index (κ1) is 26.6. The van der Waals surface area contributed by atoms with Gasteiger partial charge in [-0.15, -0.1) is 0 Å². The van der Waals surface area contributed by atoms with Gasteiger partial charge in [-0.25, -0.2) is 0 Å². The Hall–Kier alpha value is -4.64. The van der Waals surface area contributed by atoms with E-state index in [1.807, 2.05) is 53.4 Å². The van der Waals surface area contributed by atoms with E-state index in [0.29, 0.717) is 70.2 Å². The summed E-state index contributed by atoms with van der Waals surface area (Å²) in [4.78, 5) is 18.1. The lowest BCUT2D eigenvalue weighted by atomic mass is 10.1. The number of ether oxygens (including phenoxy) is 6. The number of thiocarbonyl (C=S) groups is 1. The first-order valence-electron chi connectivity index (χ1n) is 13.1. The van der Waals surface area contributed by atoms with Crippen molar-refractivity contribution in [3.05, 3.63) is 81.6 Å². The van der Waals surface area contributed by atoms with Crippen LogP contribution in [0.15, 0.2) is 59.4 Å². The monoisotopic (exact) mass is 575 g/mol. The van der Waals surface area contributed by atoms with Crippen molar-refractivity contribution in [2.24, 2.45) is 0 Å². The highest BCUT2D eigenvalue weighted by molar-refractivity contribution is 7.80. The highest BCUT2D eigenvalue weighted by Crippen LogP contribution is 2.36. The zero-order chi connectivity index (χ0) is 28.3. The van der Waals surface area contributed by atoms with Gasteiger partial charge in [0.2, 0.25) is 13.6 Å². The van der Waals surface area contributed by atoms with Gasteiger partial charge in [0.15, 0.2) is 39.6 Å². The average Bonchev–Trinajstić information content (AvgIpc) is 3.64. The van der Waals surface area contributed by atoms with Gasteiger partial charge in [0.1, 0.15) is 0 Å². The smallest absolute Gasteiger partial charge is 0.253 e. The summed E-state index contributed by atoms with van der Waals surface area (Å²) in [6, 6.07) is 17.2. The highest BCUT2D eigenvalue weighted by atomic mass is 32.1. The Morgan fingerprint density at radius 3 is 2.34 bits per heavy atom. The van der Waals surface area contributed by atoms with Crippen LogP contribution in [-0.4, -0.2) is 49.3 Å². The first-order valence-corrected chi connectivity index (χ1v) is 13.5. The maximum Gasteiger partial charge on any atom is 0.253 e. The second kappa shape index (κ2) is 11.5. The van der Waals surface area contributed by atoms with E-state index in [4.69, 9.17) is 40.6 Å². The number of rotatable bonds is 9. The lowest BCUT2D eigenvalue weighted by Crippen LogP contribution is -2.40. The fourth-order valence-electron chi connectivity index (χ4n) is 4.89. The maximum atomic E-state index is 13.1. The quantitative estimate of drug-likeness (QED) is 0.283. The standard InChI is InChI=1S/C30H29N3O7S/c1-35-23-5-3-18(9-25(23)36-2)7-8-31-30(41)33(14-19-4-6-24-26(10-19)38-16-37-24)15-21-11-20-12-27-28(40-17-39-27)13-22(20)32-29(21)34/h3-6,9-13H,7-8,14-17H2,1-2H3,(H,31,41)(H,32,34). The molecule has 41 heavy (non-hydrogen) atoms. The molecule has 0 atom stereocenters. The molecule has 3 heterocycles. The van der Waals surface area contributed by atoms with Crippen molar-refractivity contribution in [3.8, 4) is 34.5 Å². The number of benzene rings is 3. The third-order valence-corrected chi connectivity index (χ3v) is 7.41. The summed E-state index contributed by atoms with van der Waals surface area (Å²) in [6.07, 6.45) is 0.710. The predicted molar refractivity (Wildman–Crippen MR) is 156 cm³/mol. The van der Waals surface area contributed by atoms with Crippen LogP contribution in [0.3, 0.4) is 0 Å². The van der Waals surface area contributed by atoms with Crippen molar-refractivity contribution in [3.63, 3.8) is 0 Å². The van der Waals surface area contributed by atoms with Gasteiger partial charge in [-0.2, -0.15) is 0 Å². The van der Waals surface area contributed by atoms with E-state index < -0.39 is 0 Å². The number of nitrogens with zero attached hydrogens (tertiary/aromatic N) is 1. The second-order valence-electron chi connectivity index (χ2n) is 9.63. The molecule has 0 aliphatic carbocycles. The Bertz CT molecular complexity index is 1670. The highest BCUT2D eigenvalue weighted by Gasteiger charge is 2.19. The number of aromatic nitrogens is 1. The summed E-state index contributed by atoms with van der Waals surface area (Å²) in [7, 11) is 3.23. The minimum atomic E-state index is -0.194. The van der Waals surface area contributed by atoms with E-state index >= 15 is 0 Å². The molecule has 0 amide bonds. The summed E-state index contributed by atoms with van der Waals surface area (Å²) in [5.41, 5.74) is 3.10. The van der Waals surface area contributed by atoms with Crippen molar-refractivity contribution in [2.45, 2.75) is 19.5 Å². The first-order chi connectivity index (χ1) is 20.0. The van der Waals surface area contributed by atoms with Crippen LogP contribution in [0.4, 0.5) is 0 Å². The van der Waals surface area contributed by atoms with Gasteiger partial charge in [0, 0.05) is 30.1 Å². The number of pyridine rings is 1. The molecule has 0 saturated heterocycles. The lowest BCUT2D eigenvalue weighted by Gasteiger charge is -2.26. The Balaban J connectivity index is 1.22. The molecule has 0 saturated carbocycles. The van der Waals surface area contributed by atoms with Gasteiger partial charge in [-0.3, -0.25) is 4.79 Å². The maximum absolute atomic E-state index is 13.1. The largest absolute Gasteiger partial charge is 0.493 e. The molecule has 212 valence electrons. The molecule has 6 rings (SSSR count). The summed E-state index contributed by atoms with van der Waals surface area (Å²) in [5, 5.41) is 4.73. The number of fused-ring (bicyclic) bond motifs is 3. The summed E-state index contributed by atoms with van der Waals surface area (Å²) >= 11 is 5.85. The van der Waals surface area contributed by atoms with Crippen LogP contribution in [0.2, 0.25) is 0 Å². The fourth-order valence-corrected chi connectivity index (χ4v) is 5.12. The van der Waals surface area contributed by atoms with E-state index in [9.17, 15) is 4.79 Å². The normalized spacial score (nSPS) is 12.8. The van der Waals surface area contributed by atoms with Crippen molar-refractivity contribution >= 4 is 28.2 Å². The van der Waals surface area contributed by atoms with E-state index in [1.165, 1.54) is 0 Å². The van der Waals surface area contributed by atoms with Crippen LogP contribution in [0.5, 0.6) is 34.5 Å². The van der Waals surface area contributed by atoms with Gasteiger partial charge >= 0.3 is 0 Å². The molecule has 2 aliphatic heterocycles. The Kier molecular flexibility index (Phi) is 7.43. The third kappa shape index (κ3) is 5.66. The molecular formula is C30H29N3O7S. The number of hydrogen-bond donors (Lipinski definition) is 2. The second-order valence-corrected chi connectivity index (χ2v) is 10.0. The van der Waals surface area contributed by atoms with Crippen molar-refractivity contribution in [1.82, 2.24) is 15.2 Å². The molecule has 0 unspecified atom stereocenters. The molecule has 2 aliphatic rings. The number of nitrogens with one attached hydrogen (secondary N) is 2. The van der Waals surface area contributed by atoms with Crippen LogP contribution >= 0.6 is 12.2 Å². The molecule has 10 nitrogen and oxygen atoms in total. The van der Waals surface area contributed by atoms with Crippen LogP contribution in [-0.2, 0) is 19.5 Å². The molecule has 0 fully saturated rings. The molecule has 11 heteroatoms. The number of methoxy groups -OCH3 is 2. The van der Waals surface area contributed by atoms with Crippen LogP contribution in [0.1, 0.15) is 16.7 Å². The average molecular weight is 576 g/mol. The molecule has 3 aromatic carbocycles. The number of hydrogen-bond acceptors (Lipinski definition) is 8. The van der Waals surface area contributed by atoms with E-state index in [-0.39, 0.29) is 25.7 Å². The van der Waals surface area contributed by atoms with Gasteiger partial charge in [0.25, 0.3) is 5.56 Å². The van der Waals surface area contributed by atoms with E-state index in [2.05, 4.69) is 10.3 Å². The lowest BCUT2D eigenvalue weighted by molar-refractivity contribution is 0.173. The zero-order valence-corrected chi connectivity index (χ0v) is 23.5. The molecule has 0 spiro atoms. The van der Waals surface area contributed by atoms with Gasteiger partial charge in [0.05, 0.1) is 26.3 Å². The van der Waals surface area contributed by atoms with Crippen LogP contribution in [0, 0.1) is 0 Å². The Morgan fingerprint density at radius 1 is 0.854 bits per heavy atom. The predicted octanol–water partition coefficient (Wildman–Crippen LogP) is 4.12. The topological polar surface area (TPSA) is 104 Å². The van der Waals surface area contributed by atoms with Crippen molar-refractivity contribution in [1.29, 1.82) is 0 Å². The molecule has 0 radical (unpaired) electrons. The van der Waals surface area contributed by atoms with Crippen molar-refractivity contribution < 1.29 is 28.4 Å². The summed E-state index contributed by atoms with van der Waals surface area (Å²) in [6.45, 7) is 1.69. The minimum absolute atomic E-state index is 0.162.